The Bertz CT molecular complexity index is 1400. The van der Waals surface area contributed by atoms with E-state index in [1.807, 2.05) is 22.2 Å². The molecule has 1 aromatic carbocycles. The Morgan fingerprint density at radius 2 is 2.02 bits per heavy atom. The van der Waals surface area contributed by atoms with E-state index < -0.39 is 23.9 Å². The zero-order valence-corrected chi connectivity index (χ0v) is 25.2. The smallest absolute Gasteiger partial charge is 0.338 e. The number of thiocarbonyl (C=S) groups is 1. The van der Waals surface area contributed by atoms with E-state index in [1.165, 1.54) is 23.5 Å². The van der Waals surface area contributed by atoms with Gasteiger partial charge in [0.1, 0.15) is 17.9 Å². The lowest BCUT2D eigenvalue weighted by Crippen LogP contribution is -2.62. The molecule has 0 amide bonds. The second-order valence-corrected chi connectivity index (χ2v) is 11.3. The summed E-state index contributed by atoms with van der Waals surface area (Å²) >= 11 is 13.4. The summed E-state index contributed by atoms with van der Waals surface area (Å²) < 4.78 is 25.6. The van der Waals surface area contributed by atoms with E-state index in [4.69, 9.17) is 38.3 Å². The maximum absolute atomic E-state index is 14.6. The fourth-order valence-corrected chi connectivity index (χ4v) is 6.58. The number of carbonyl (C=O) groups excluding carboxylic acids is 2. The van der Waals surface area contributed by atoms with Crippen molar-refractivity contribution in [1.29, 1.82) is 0 Å². The van der Waals surface area contributed by atoms with Crippen LogP contribution in [0.3, 0.4) is 0 Å². The summed E-state index contributed by atoms with van der Waals surface area (Å²) in [5.41, 5.74) is 0.965. The van der Waals surface area contributed by atoms with E-state index in [1.54, 1.807) is 26.1 Å². The van der Waals surface area contributed by atoms with E-state index in [2.05, 4.69) is 15.2 Å². The van der Waals surface area contributed by atoms with Crippen molar-refractivity contribution < 1.29 is 23.5 Å². The van der Waals surface area contributed by atoms with Gasteiger partial charge in [-0.25, -0.2) is 14.2 Å². The molecule has 2 fully saturated rings. The summed E-state index contributed by atoms with van der Waals surface area (Å²) in [7, 11) is 1.90. The maximum atomic E-state index is 14.6. The molecule has 1 N–H and O–H groups in total. The Labute approximate surface area is 251 Å². The number of ether oxygens (including phenoxy) is 2. The fourth-order valence-electron chi connectivity index (χ4n) is 5.46. The van der Waals surface area contributed by atoms with E-state index in [0.29, 0.717) is 46.9 Å². The molecule has 218 valence electrons. The number of fused-ring (bicyclic) bond motifs is 1. The van der Waals surface area contributed by atoms with Gasteiger partial charge in [-0.1, -0.05) is 23.7 Å². The number of nitrogens with zero attached hydrogens (tertiary/aromatic N) is 5. The number of aliphatic imine (C=N–C) groups is 1. The van der Waals surface area contributed by atoms with Crippen LogP contribution in [0.25, 0.3) is 0 Å². The van der Waals surface area contributed by atoms with Crippen LogP contribution in [-0.2, 0) is 19.1 Å². The number of amidine groups is 1. The summed E-state index contributed by atoms with van der Waals surface area (Å²) in [6.07, 6.45) is 1.65. The number of nitrogens with one attached hydrogen (secondary N) is 1. The highest BCUT2D eigenvalue weighted by molar-refractivity contribution is 7.80. The van der Waals surface area contributed by atoms with Gasteiger partial charge >= 0.3 is 11.9 Å². The minimum atomic E-state index is -0.972. The topological polar surface area (TPSA) is 99.6 Å². The van der Waals surface area contributed by atoms with Crippen LogP contribution < -0.4 is 5.32 Å². The van der Waals surface area contributed by atoms with Gasteiger partial charge in [-0.2, -0.15) is 0 Å². The van der Waals surface area contributed by atoms with Gasteiger partial charge in [-0.15, -0.1) is 11.3 Å². The normalized spacial score (nSPS) is 22.8. The minimum absolute atomic E-state index is 0.123. The van der Waals surface area contributed by atoms with Crippen LogP contribution in [0.2, 0.25) is 5.02 Å². The van der Waals surface area contributed by atoms with Crippen LogP contribution in [0.4, 0.5) is 4.39 Å². The number of aromatic nitrogens is 1. The monoisotopic (exact) mass is 620 g/mol. The lowest BCUT2D eigenvalue weighted by molar-refractivity contribution is -0.153. The summed E-state index contributed by atoms with van der Waals surface area (Å²) in [5.74, 6) is -1.21. The second kappa shape index (κ2) is 12.4. The molecular formula is C27H30ClFN6O4S2. The van der Waals surface area contributed by atoms with Gasteiger partial charge in [-0.3, -0.25) is 14.7 Å². The summed E-state index contributed by atoms with van der Waals surface area (Å²) in [6, 6.07) is 2.56. The van der Waals surface area contributed by atoms with Crippen LogP contribution in [0.15, 0.2) is 46.0 Å². The third-order valence-electron chi connectivity index (χ3n) is 7.24. The zero-order valence-electron chi connectivity index (χ0n) is 22.8. The standard InChI is InChI=1S/C27H30ClFN6O4S2/c1-4-38-25(36)19-17(13-34-10-11-35-18(14-33(3)27(35)40)22(34)26(37)39-5-2)31-23(24-30-9-12-41-24)32-21(19)15-7-6-8-16(29)20(15)28/h6-9,12,18,21-22H,4-5,10-11,13-14H2,1-3H3,(H,31,32)/t18-,21-,22+/m0/s1. The van der Waals surface area contributed by atoms with Gasteiger partial charge < -0.3 is 24.6 Å². The summed E-state index contributed by atoms with van der Waals surface area (Å²) in [4.78, 5) is 42.1. The molecule has 4 heterocycles. The zero-order chi connectivity index (χ0) is 29.3. The molecule has 3 aliphatic heterocycles. The number of carbonyl (C=O) groups is 2. The molecule has 3 aliphatic rings. The number of thiazole rings is 1. The molecule has 0 radical (unpaired) electrons. The van der Waals surface area contributed by atoms with Crippen molar-refractivity contribution in [2.24, 2.45) is 4.99 Å². The van der Waals surface area contributed by atoms with Crippen molar-refractivity contribution in [2.45, 2.75) is 32.0 Å². The van der Waals surface area contributed by atoms with Gasteiger partial charge in [0, 0.05) is 56.1 Å². The van der Waals surface area contributed by atoms with Crippen molar-refractivity contribution in [3.05, 3.63) is 62.5 Å². The predicted octanol–water partition coefficient (Wildman–Crippen LogP) is 2.99. The van der Waals surface area contributed by atoms with Crippen molar-refractivity contribution >= 4 is 58.0 Å². The quantitative estimate of drug-likeness (QED) is 0.350. The lowest BCUT2D eigenvalue weighted by atomic mass is 9.94. The number of hydrogen-bond donors (Lipinski definition) is 1. The molecule has 14 heteroatoms. The number of likely N-dealkylation sites (N-methyl/N-ethyl adjacent to an activating group) is 1. The third-order valence-corrected chi connectivity index (χ3v) is 8.97. The third kappa shape index (κ3) is 5.68. The van der Waals surface area contributed by atoms with Crippen molar-refractivity contribution in [1.82, 2.24) is 25.0 Å². The largest absolute Gasteiger partial charge is 0.465 e. The van der Waals surface area contributed by atoms with Crippen molar-refractivity contribution in [2.75, 3.05) is 46.4 Å². The highest BCUT2D eigenvalue weighted by Crippen LogP contribution is 2.38. The molecule has 0 bridgehead atoms. The van der Waals surface area contributed by atoms with Crippen molar-refractivity contribution in [3.63, 3.8) is 0 Å². The average Bonchev–Trinajstić information content (AvgIpc) is 3.58. The Balaban J connectivity index is 1.61. The molecule has 2 aromatic rings. The molecule has 0 aliphatic carbocycles. The first-order valence-corrected chi connectivity index (χ1v) is 14.9. The fraction of sp³-hybridized carbons (Fsp3) is 0.444. The first-order valence-electron chi connectivity index (χ1n) is 13.3. The van der Waals surface area contributed by atoms with Crippen LogP contribution in [-0.4, -0.2) is 101 Å². The Morgan fingerprint density at radius 3 is 2.73 bits per heavy atom. The molecule has 41 heavy (non-hydrogen) atoms. The number of halogens is 2. The van der Waals surface area contributed by atoms with Crippen LogP contribution in [0.5, 0.6) is 0 Å². The van der Waals surface area contributed by atoms with Crippen LogP contribution in [0.1, 0.15) is 30.5 Å². The predicted molar refractivity (Wildman–Crippen MR) is 157 cm³/mol. The van der Waals surface area contributed by atoms with Crippen molar-refractivity contribution in [3.8, 4) is 0 Å². The number of hydrogen-bond acceptors (Lipinski definition) is 10. The highest BCUT2D eigenvalue weighted by atomic mass is 35.5. The minimum Gasteiger partial charge on any atom is -0.465 e. The number of esters is 2. The molecule has 0 spiro atoms. The Kier molecular flexibility index (Phi) is 8.88. The van der Waals surface area contributed by atoms with Gasteiger partial charge in [0.15, 0.2) is 16.0 Å². The maximum Gasteiger partial charge on any atom is 0.338 e. The molecular weight excluding hydrogens is 591 g/mol. The number of piperazine rings is 1. The Hall–Kier alpha value is -3.13. The van der Waals surface area contributed by atoms with E-state index in [-0.39, 0.29) is 42.4 Å². The number of rotatable bonds is 8. The van der Waals surface area contributed by atoms with Gasteiger partial charge in [0.25, 0.3) is 0 Å². The molecule has 3 atom stereocenters. The number of benzene rings is 1. The molecule has 10 nitrogen and oxygen atoms in total. The first-order chi connectivity index (χ1) is 19.7. The first kappa shape index (κ1) is 29.4. The van der Waals surface area contributed by atoms with E-state index in [0.717, 1.165) is 0 Å². The summed E-state index contributed by atoms with van der Waals surface area (Å²) in [6.45, 7) is 5.61. The molecule has 2 saturated heterocycles. The lowest BCUT2D eigenvalue weighted by Gasteiger charge is -2.43. The van der Waals surface area contributed by atoms with E-state index >= 15 is 0 Å². The molecule has 0 saturated carbocycles. The second-order valence-electron chi connectivity index (χ2n) is 9.69. The highest BCUT2D eigenvalue weighted by Gasteiger charge is 2.48. The van der Waals surface area contributed by atoms with Crippen LogP contribution in [0, 0.1) is 5.82 Å². The molecule has 5 rings (SSSR count). The van der Waals surface area contributed by atoms with Gasteiger partial charge in [-0.05, 0) is 32.1 Å². The molecule has 1 aromatic heterocycles. The summed E-state index contributed by atoms with van der Waals surface area (Å²) in [5, 5.41) is 6.23. The van der Waals surface area contributed by atoms with Crippen LogP contribution >= 0.6 is 35.2 Å². The van der Waals surface area contributed by atoms with Gasteiger partial charge in [0.05, 0.1) is 29.9 Å². The average molecular weight is 621 g/mol. The Morgan fingerprint density at radius 1 is 1.24 bits per heavy atom. The van der Waals surface area contributed by atoms with Gasteiger partial charge in [0.2, 0.25) is 0 Å². The SMILES string of the molecule is CCOC(=O)C1=C(CN2CCN3C(=S)N(C)C[C@H]3[C@@H]2C(=O)OCC)NC(c2nccs2)=N[C@H]1c1cccc(F)c1Cl. The van der Waals surface area contributed by atoms with E-state index in [9.17, 15) is 14.0 Å². The molecule has 0 unspecified atom stereocenters.